The summed E-state index contributed by atoms with van der Waals surface area (Å²) in [5.74, 6) is 1.23. The van der Waals surface area contributed by atoms with E-state index in [0.29, 0.717) is 11.6 Å². The lowest BCUT2D eigenvalue weighted by Crippen LogP contribution is -2.46. The molecule has 3 aromatic rings. The molecule has 1 aliphatic rings. The molecule has 0 bridgehead atoms. The Bertz CT molecular complexity index is 1000. The van der Waals surface area contributed by atoms with Gasteiger partial charge < -0.3 is 10.1 Å². The number of hydrogen-bond donors (Lipinski definition) is 1. The zero-order chi connectivity index (χ0) is 21.6. The molecule has 0 radical (unpaired) electrons. The third-order valence-corrected chi connectivity index (χ3v) is 5.76. The summed E-state index contributed by atoms with van der Waals surface area (Å²) in [6, 6.07) is 12.9. The molecule has 1 aliphatic heterocycles. The quantitative estimate of drug-likeness (QED) is 0.615. The van der Waals surface area contributed by atoms with E-state index in [1.165, 1.54) is 11.3 Å². The number of rotatable bonds is 7. The summed E-state index contributed by atoms with van der Waals surface area (Å²) in [5, 5.41) is 7.47. The summed E-state index contributed by atoms with van der Waals surface area (Å²) in [6.07, 6.45) is 6.59. The van der Waals surface area contributed by atoms with Crippen molar-refractivity contribution in [3.05, 3.63) is 66.1 Å². The van der Waals surface area contributed by atoms with Crippen LogP contribution in [0.25, 0.3) is 0 Å². The highest BCUT2D eigenvalue weighted by molar-refractivity contribution is 5.94. The van der Waals surface area contributed by atoms with Crippen molar-refractivity contribution in [3.63, 3.8) is 0 Å². The monoisotopic (exact) mass is 419 g/mol. The number of benzene rings is 1. The van der Waals surface area contributed by atoms with Crippen LogP contribution in [0.2, 0.25) is 0 Å². The first-order chi connectivity index (χ1) is 15.1. The molecule has 1 aromatic carbocycles. The van der Waals surface area contributed by atoms with Crippen LogP contribution in [-0.2, 0) is 17.9 Å². The van der Waals surface area contributed by atoms with E-state index in [1.807, 2.05) is 47.3 Å². The number of hydrogen-bond acceptors (Lipinski definition) is 5. The minimum Gasteiger partial charge on any atom is -0.439 e. The van der Waals surface area contributed by atoms with Crippen molar-refractivity contribution in [1.29, 1.82) is 0 Å². The third-order valence-electron chi connectivity index (χ3n) is 5.76. The second-order valence-corrected chi connectivity index (χ2v) is 7.84. The van der Waals surface area contributed by atoms with Crippen molar-refractivity contribution < 1.29 is 9.53 Å². The van der Waals surface area contributed by atoms with Gasteiger partial charge in [-0.3, -0.25) is 14.4 Å². The molecule has 31 heavy (non-hydrogen) atoms. The van der Waals surface area contributed by atoms with E-state index < -0.39 is 0 Å². The van der Waals surface area contributed by atoms with Crippen molar-refractivity contribution in [1.82, 2.24) is 19.7 Å². The zero-order valence-corrected chi connectivity index (χ0v) is 18.1. The van der Waals surface area contributed by atoms with Crippen molar-refractivity contribution in [2.75, 3.05) is 11.9 Å². The molecule has 3 heterocycles. The van der Waals surface area contributed by atoms with E-state index in [1.54, 1.807) is 12.3 Å². The lowest BCUT2D eigenvalue weighted by atomic mass is 10.0. The Morgan fingerprint density at radius 3 is 2.71 bits per heavy atom. The van der Waals surface area contributed by atoms with Crippen molar-refractivity contribution in [2.45, 2.75) is 52.2 Å². The van der Waals surface area contributed by atoms with E-state index in [-0.39, 0.29) is 11.9 Å². The number of ether oxygens (including phenoxy) is 1. The maximum Gasteiger partial charge on any atom is 0.241 e. The highest BCUT2D eigenvalue weighted by Gasteiger charge is 2.29. The average Bonchev–Trinajstić information content (AvgIpc) is 3.15. The standard InChI is InChI=1S/C24H29N5O2/c1-3-29-18(2)19(15-26-29)17-28-14-8-7-11-22(28)24(30)27-20-12-13-23(25-16-20)31-21-9-5-4-6-10-21/h4-6,9-10,12-13,15-16,22H,3,7-8,11,14,17H2,1-2H3,(H,27,30)/t22-/m1/s1. The van der Waals surface area contributed by atoms with Crippen LogP contribution < -0.4 is 10.1 Å². The first-order valence-electron chi connectivity index (χ1n) is 10.9. The highest BCUT2D eigenvalue weighted by atomic mass is 16.5. The number of amides is 1. The van der Waals surface area contributed by atoms with Crippen LogP contribution in [-0.4, -0.2) is 38.2 Å². The van der Waals surface area contributed by atoms with Crippen LogP contribution in [0.15, 0.2) is 54.9 Å². The predicted octanol–water partition coefficient (Wildman–Crippen LogP) is 4.39. The molecule has 7 heteroatoms. The average molecular weight is 420 g/mol. The van der Waals surface area contributed by atoms with Gasteiger partial charge in [0, 0.05) is 30.4 Å². The Morgan fingerprint density at radius 1 is 1.16 bits per heavy atom. The zero-order valence-electron chi connectivity index (χ0n) is 18.1. The van der Waals surface area contributed by atoms with E-state index >= 15 is 0 Å². The molecule has 1 atom stereocenters. The lowest BCUT2D eigenvalue weighted by molar-refractivity contribution is -0.122. The van der Waals surface area contributed by atoms with E-state index in [9.17, 15) is 4.79 Å². The van der Waals surface area contributed by atoms with E-state index in [4.69, 9.17) is 4.74 Å². The van der Waals surface area contributed by atoms with Gasteiger partial charge in [0.1, 0.15) is 5.75 Å². The topological polar surface area (TPSA) is 72.3 Å². The first-order valence-corrected chi connectivity index (χ1v) is 10.9. The molecular weight excluding hydrogens is 390 g/mol. The molecule has 0 unspecified atom stereocenters. The Hall–Kier alpha value is -3.19. The van der Waals surface area contributed by atoms with Gasteiger partial charge in [-0.15, -0.1) is 0 Å². The Morgan fingerprint density at radius 2 is 2.00 bits per heavy atom. The minimum absolute atomic E-state index is 0.0127. The van der Waals surface area contributed by atoms with Gasteiger partial charge in [-0.25, -0.2) is 4.98 Å². The molecule has 0 saturated carbocycles. The molecule has 1 amide bonds. The minimum atomic E-state index is -0.154. The van der Waals surface area contributed by atoms with Crippen molar-refractivity contribution >= 4 is 11.6 Å². The maximum absolute atomic E-state index is 13.1. The molecule has 162 valence electrons. The molecule has 1 fully saturated rings. The molecule has 1 saturated heterocycles. The number of carbonyl (C=O) groups is 1. The second kappa shape index (κ2) is 9.75. The molecule has 4 rings (SSSR count). The normalized spacial score (nSPS) is 16.8. The molecule has 1 N–H and O–H groups in total. The molecule has 0 aliphatic carbocycles. The molecule has 2 aromatic heterocycles. The number of likely N-dealkylation sites (tertiary alicyclic amines) is 1. The van der Waals surface area contributed by atoms with Gasteiger partial charge in [0.25, 0.3) is 0 Å². The number of anilines is 1. The van der Waals surface area contributed by atoms with Crippen LogP contribution >= 0.6 is 0 Å². The Balaban J connectivity index is 1.39. The third kappa shape index (κ3) is 5.11. The largest absolute Gasteiger partial charge is 0.439 e. The predicted molar refractivity (Wildman–Crippen MR) is 120 cm³/mol. The fraction of sp³-hybridized carbons (Fsp3) is 0.375. The number of pyridine rings is 1. The summed E-state index contributed by atoms with van der Waals surface area (Å²) in [4.78, 5) is 19.6. The fourth-order valence-electron chi connectivity index (χ4n) is 4.00. The summed E-state index contributed by atoms with van der Waals surface area (Å²) < 4.78 is 7.72. The van der Waals surface area contributed by atoms with Gasteiger partial charge in [0.2, 0.25) is 11.8 Å². The van der Waals surface area contributed by atoms with Crippen LogP contribution in [0.1, 0.15) is 37.4 Å². The summed E-state index contributed by atoms with van der Waals surface area (Å²) in [5.41, 5.74) is 3.03. The summed E-state index contributed by atoms with van der Waals surface area (Å²) in [6.45, 7) is 6.69. The number of para-hydroxylation sites is 1. The summed E-state index contributed by atoms with van der Waals surface area (Å²) >= 11 is 0. The maximum atomic E-state index is 13.1. The van der Waals surface area contributed by atoms with Crippen LogP contribution in [0, 0.1) is 6.92 Å². The van der Waals surface area contributed by atoms with E-state index in [2.05, 4.69) is 34.1 Å². The first kappa shape index (κ1) is 21.1. The number of nitrogens with one attached hydrogen (secondary N) is 1. The van der Waals surface area contributed by atoms with Gasteiger partial charge >= 0.3 is 0 Å². The van der Waals surface area contributed by atoms with Crippen molar-refractivity contribution in [3.8, 4) is 11.6 Å². The van der Waals surface area contributed by atoms with Crippen LogP contribution in [0.4, 0.5) is 5.69 Å². The van der Waals surface area contributed by atoms with Crippen molar-refractivity contribution in [2.24, 2.45) is 0 Å². The smallest absolute Gasteiger partial charge is 0.241 e. The number of aromatic nitrogens is 3. The van der Waals surface area contributed by atoms with Gasteiger partial charge in [-0.2, -0.15) is 5.10 Å². The molecular formula is C24H29N5O2. The van der Waals surface area contributed by atoms with Gasteiger partial charge in [-0.1, -0.05) is 24.6 Å². The van der Waals surface area contributed by atoms with Crippen LogP contribution in [0.3, 0.4) is 0 Å². The second-order valence-electron chi connectivity index (χ2n) is 7.84. The van der Waals surface area contributed by atoms with Gasteiger partial charge in [-0.05, 0) is 51.4 Å². The molecule has 7 nitrogen and oxygen atoms in total. The van der Waals surface area contributed by atoms with Crippen LogP contribution in [0.5, 0.6) is 11.6 Å². The Kier molecular flexibility index (Phi) is 6.62. The highest BCUT2D eigenvalue weighted by Crippen LogP contribution is 2.24. The Labute approximate surface area is 183 Å². The number of nitrogens with zero attached hydrogens (tertiary/aromatic N) is 4. The number of aryl methyl sites for hydroxylation is 1. The molecule has 0 spiro atoms. The summed E-state index contributed by atoms with van der Waals surface area (Å²) in [7, 11) is 0. The van der Waals surface area contributed by atoms with Gasteiger partial charge in [0.05, 0.1) is 24.1 Å². The number of piperidine rings is 1. The van der Waals surface area contributed by atoms with Gasteiger partial charge in [0.15, 0.2) is 0 Å². The van der Waals surface area contributed by atoms with E-state index in [0.717, 1.165) is 44.6 Å². The number of carbonyl (C=O) groups excluding carboxylic acids is 1. The fourth-order valence-corrected chi connectivity index (χ4v) is 4.00. The SMILES string of the molecule is CCn1ncc(CN2CCCC[C@@H]2C(=O)Nc2ccc(Oc3ccccc3)nc2)c1C. The lowest BCUT2D eigenvalue weighted by Gasteiger charge is -2.34.